The van der Waals surface area contributed by atoms with Crippen molar-refractivity contribution in [3.05, 3.63) is 71.3 Å². The van der Waals surface area contributed by atoms with Crippen LogP contribution in [0.2, 0.25) is 0 Å². The van der Waals surface area contributed by atoms with Crippen LogP contribution in [0.3, 0.4) is 0 Å². The highest BCUT2D eigenvalue weighted by Gasteiger charge is 2.15. The maximum absolute atomic E-state index is 13.5. The number of rotatable bonds is 8. The predicted octanol–water partition coefficient (Wildman–Crippen LogP) is 4.58. The summed E-state index contributed by atoms with van der Waals surface area (Å²) in [6.45, 7) is 7.29. The van der Waals surface area contributed by atoms with Crippen LogP contribution in [0.1, 0.15) is 36.7 Å². The molecule has 0 bridgehead atoms. The lowest BCUT2D eigenvalue weighted by Crippen LogP contribution is -2.18. The van der Waals surface area contributed by atoms with E-state index in [0.717, 1.165) is 28.3 Å². The number of halogens is 1. The van der Waals surface area contributed by atoms with Crippen LogP contribution in [0, 0.1) is 12.7 Å². The average Bonchev–Trinajstić information content (AvgIpc) is 3.08. The van der Waals surface area contributed by atoms with Crippen LogP contribution in [0.4, 0.5) is 4.39 Å². The largest absolute Gasteiger partial charge is 0.493 e. The molecule has 0 unspecified atom stereocenters. The van der Waals surface area contributed by atoms with Crippen molar-refractivity contribution in [1.82, 2.24) is 15.1 Å². The molecule has 0 radical (unpaired) electrons. The Morgan fingerprint density at radius 3 is 2.71 bits per heavy atom. The summed E-state index contributed by atoms with van der Waals surface area (Å²) in [4.78, 5) is 0. The first-order valence-corrected chi connectivity index (χ1v) is 9.37. The molecule has 1 atom stereocenters. The van der Waals surface area contributed by atoms with Crippen molar-refractivity contribution in [3.63, 3.8) is 0 Å². The van der Waals surface area contributed by atoms with Gasteiger partial charge in [-0.15, -0.1) is 0 Å². The van der Waals surface area contributed by atoms with Gasteiger partial charge in [-0.05, 0) is 56.7 Å². The molecule has 0 saturated carbocycles. The van der Waals surface area contributed by atoms with Gasteiger partial charge in [-0.3, -0.25) is 0 Å². The van der Waals surface area contributed by atoms with Crippen LogP contribution in [0.25, 0.3) is 5.69 Å². The third-order valence-electron chi connectivity index (χ3n) is 4.71. The minimum atomic E-state index is -0.273. The van der Waals surface area contributed by atoms with E-state index in [1.165, 1.54) is 12.1 Å². The highest BCUT2D eigenvalue weighted by molar-refractivity contribution is 5.43. The van der Waals surface area contributed by atoms with E-state index in [-0.39, 0.29) is 11.9 Å². The maximum Gasteiger partial charge on any atom is 0.161 e. The summed E-state index contributed by atoms with van der Waals surface area (Å²) in [5.74, 6) is 1.20. The zero-order valence-electron chi connectivity index (χ0n) is 16.7. The molecular formula is C22H26FN3O2. The number of aromatic nitrogens is 2. The van der Waals surface area contributed by atoms with Gasteiger partial charge in [0.05, 0.1) is 25.6 Å². The summed E-state index contributed by atoms with van der Waals surface area (Å²) < 4.78 is 26.3. The Hall–Kier alpha value is -2.86. The number of nitrogens with one attached hydrogen (secondary N) is 1. The van der Waals surface area contributed by atoms with Crippen molar-refractivity contribution in [2.24, 2.45) is 0 Å². The van der Waals surface area contributed by atoms with Gasteiger partial charge < -0.3 is 14.8 Å². The molecular weight excluding hydrogens is 357 g/mol. The summed E-state index contributed by atoms with van der Waals surface area (Å²) in [5.41, 5.74) is 3.87. The van der Waals surface area contributed by atoms with E-state index in [0.29, 0.717) is 18.8 Å². The molecule has 1 aromatic heterocycles. The molecule has 0 spiro atoms. The molecule has 0 fully saturated rings. The van der Waals surface area contributed by atoms with Crippen LogP contribution in [-0.4, -0.2) is 23.5 Å². The van der Waals surface area contributed by atoms with Crippen molar-refractivity contribution in [2.45, 2.75) is 33.4 Å². The fourth-order valence-corrected chi connectivity index (χ4v) is 3.20. The monoisotopic (exact) mass is 383 g/mol. The minimum Gasteiger partial charge on any atom is -0.493 e. The highest BCUT2D eigenvalue weighted by Crippen LogP contribution is 2.28. The molecule has 1 N–H and O–H groups in total. The molecule has 5 nitrogen and oxygen atoms in total. The highest BCUT2D eigenvalue weighted by atomic mass is 19.1. The SMILES string of the molecule is CCOc1cc(CN[C@H](C)c2cnn(-c3cccc(F)c3)c2C)ccc1OC. The molecule has 0 saturated heterocycles. The van der Waals surface area contributed by atoms with Crippen molar-refractivity contribution >= 4 is 0 Å². The quantitative estimate of drug-likeness (QED) is 0.619. The number of methoxy groups -OCH3 is 1. The maximum atomic E-state index is 13.5. The Morgan fingerprint density at radius 1 is 1.18 bits per heavy atom. The Bertz CT molecular complexity index is 939. The normalized spacial score (nSPS) is 12.0. The summed E-state index contributed by atoms with van der Waals surface area (Å²) in [6.07, 6.45) is 1.83. The summed E-state index contributed by atoms with van der Waals surface area (Å²) >= 11 is 0. The van der Waals surface area contributed by atoms with E-state index in [1.807, 2.05) is 44.3 Å². The van der Waals surface area contributed by atoms with Gasteiger partial charge in [-0.25, -0.2) is 9.07 Å². The fourth-order valence-electron chi connectivity index (χ4n) is 3.20. The number of hydrogen-bond donors (Lipinski definition) is 1. The Labute approximate surface area is 165 Å². The van der Waals surface area contributed by atoms with Gasteiger partial charge in [0.25, 0.3) is 0 Å². The molecule has 0 aliphatic rings. The van der Waals surface area contributed by atoms with E-state index >= 15 is 0 Å². The predicted molar refractivity (Wildman–Crippen MR) is 108 cm³/mol. The Kier molecular flexibility index (Phi) is 6.31. The zero-order valence-corrected chi connectivity index (χ0v) is 16.7. The van der Waals surface area contributed by atoms with Gasteiger partial charge >= 0.3 is 0 Å². The molecule has 0 aliphatic heterocycles. The molecule has 0 amide bonds. The van der Waals surface area contributed by atoms with Crippen LogP contribution < -0.4 is 14.8 Å². The summed E-state index contributed by atoms with van der Waals surface area (Å²) in [7, 11) is 1.64. The fraction of sp³-hybridized carbons (Fsp3) is 0.318. The van der Waals surface area contributed by atoms with Crippen LogP contribution in [0.15, 0.2) is 48.7 Å². The molecule has 2 aromatic carbocycles. The molecule has 3 aromatic rings. The summed E-state index contributed by atoms with van der Waals surface area (Å²) in [6, 6.07) is 12.5. The van der Waals surface area contributed by atoms with Gasteiger partial charge in [-0.2, -0.15) is 5.10 Å². The first kappa shape index (κ1) is 19.9. The number of nitrogens with zero attached hydrogens (tertiary/aromatic N) is 2. The summed E-state index contributed by atoms with van der Waals surface area (Å²) in [5, 5.41) is 7.95. The van der Waals surface area contributed by atoms with E-state index in [1.54, 1.807) is 17.9 Å². The molecule has 6 heteroatoms. The van der Waals surface area contributed by atoms with Crippen molar-refractivity contribution in [3.8, 4) is 17.2 Å². The lowest BCUT2D eigenvalue weighted by atomic mass is 10.1. The number of ether oxygens (including phenoxy) is 2. The smallest absolute Gasteiger partial charge is 0.161 e. The van der Waals surface area contributed by atoms with Crippen LogP contribution in [0.5, 0.6) is 11.5 Å². The molecule has 148 valence electrons. The topological polar surface area (TPSA) is 48.3 Å². The second-order valence-electron chi connectivity index (χ2n) is 6.60. The van der Waals surface area contributed by atoms with Gasteiger partial charge in [0, 0.05) is 23.8 Å². The Balaban J connectivity index is 1.72. The van der Waals surface area contributed by atoms with Gasteiger partial charge in [0.15, 0.2) is 11.5 Å². The minimum absolute atomic E-state index is 0.0833. The molecule has 28 heavy (non-hydrogen) atoms. The first-order valence-electron chi connectivity index (χ1n) is 9.37. The lowest BCUT2D eigenvalue weighted by Gasteiger charge is -2.16. The molecule has 1 heterocycles. The Morgan fingerprint density at radius 2 is 2.00 bits per heavy atom. The number of benzene rings is 2. The van der Waals surface area contributed by atoms with E-state index in [9.17, 15) is 4.39 Å². The van der Waals surface area contributed by atoms with E-state index in [2.05, 4.69) is 17.3 Å². The van der Waals surface area contributed by atoms with Crippen molar-refractivity contribution < 1.29 is 13.9 Å². The van der Waals surface area contributed by atoms with E-state index in [4.69, 9.17) is 9.47 Å². The zero-order chi connectivity index (χ0) is 20.1. The third kappa shape index (κ3) is 4.34. The van der Waals surface area contributed by atoms with Gasteiger partial charge in [0.1, 0.15) is 5.82 Å². The lowest BCUT2D eigenvalue weighted by molar-refractivity contribution is 0.310. The van der Waals surface area contributed by atoms with Gasteiger partial charge in [-0.1, -0.05) is 12.1 Å². The standard InChI is InChI=1S/C22H26FN3O2/c1-5-28-22-11-17(9-10-21(22)27-4)13-24-15(2)20-14-25-26(16(20)3)19-8-6-7-18(23)12-19/h6-12,14-15,24H,5,13H2,1-4H3/t15-/m1/s1. The molecule has 0 aliphatic carbocycles. The van der Waals surface area contributed by atoms with Crippen LogP contribution >= 0.6 is 0 Å². The van der Waals surface area contributed by atoms with Crippen molar-refractivity contribution in [2.75, 3.05) is 13.7 Å². The molecule has 3 rings (SSSR count). The van der Waals surface area contributed by atoms with Crippen molar-refractivity contribution in [1.29, 1.82) is 0 Å². The van der Waals surface area contributed by atoms with E-state index < -0.39 is 0 Å². The second-order valence-corrected chi connectivity index (χ2v) is 6.60. The average molecular weight is 383 g/mol. The van der Waals surface area contributed by atoms with Gasteiger partial charge in [0.2, 0.25) is 0 Å². The number of hydrogen-bond acceptors (Lipinski definition) is 4. The third-order valence-corrected chi connectivity index (χ3v) is 4.71. The van der Waals surface area contributed by atoms with Crippen LogP contribution in [-0.2, 0) is 6.54 Å². The first-order chi connectivity index (χ1) is 13.5. The second kappa shape index (κ2) is 8.89.